The second kappa shape index (κ2) is 7.15. The van der Waals surface area contributed by atoms with Crippen molar-refractivity contribution in [1.29, 1.82) is 0 Å². The molecule has 6 rings (SSSR count). The fraction of sp³-hybridized carbons (Fsp3) is 0.133. The minimum absolute atomic E-state index is 0.338. The number of allylic oxidation sites excluding steroid dienone is 16. The van der Waals surface area contributed by atoms with Gasteiger partial charge in [0.15, 0.2) is 0 Å². The monoisotopic (exact) mass is 384 g/mol. The minimum Gasteiger partial charge on any atom is -0.302 e. The Labute approximate surface area is 178 Å². The normalized spacial score (nSPS) is 26.8. The highest BCUT2D eigenvalue weighted by Crippen LogP contribution is 2.48. The second-order valence-corrected chi connectivity index (χ2v) is 8.45. The molecule has 0 saturated carbocycles. The van der Waals surface area contributed by atoms with E-state index in [1.54, 1.807) is 0 Å². The zero-order valence-electron chi connectivity index (χ0n) is 16.9. The largest absolute Gasteiger partial charge is 0.302 e. The fourth-order valence-electron chi connectivity index (χ4n) is 5.46. The molecule has 30 heavy (non-hydrogen) atoms. The molecule has 2 aromatic carbocycles. The summed E-state index contributed by atoms with van der Waals surface area (Å²) in [5, 5.41) is 0. The molecule has 0 spiro atoms. The molecule has 4 aliphatic carbocycles. The van der Waals surface area contributed by atoms with Gasteiger partial charge in [-0.25, -0.2) is 11.6 Å². The van der Waals surface area contributed by atoms with Crippen LogP contribution >= 0.6 is 0 Å². The van der Waals surface area contributed by atoms with Crippen molar-refractivity contribution in [1.82, 2.24) is 0 Å². The molecule has 0 saturated heterocycles. The number of rotatable bonds is 5. The predicted octanol–water partition coefficient (Wildman–Crippen LogP) is 7.34. The van der Waals surface area contributed by atoms with Crippen LogP contribution in [0.1, 0.15) is 11.5 Å². The van der Waals surface area contributed by atoms with Crippen molar-refractivity contribution in [3.63, 3.8) is 0 Å². The Balaban J connectivity index is 1.31. The first-order valence-corrected chi connectivity index (χ1v) is 10.9. The SMILES string of the molecule is C1=CC(C2=CC=CC2C2=CC=CC2C2=CC=CC2[c-]2cccc2-[c-]2cccc2)C=C1. The van der Waals surface area contributed by atoms with E-state index >= 15 is 0 Å². The molecule has 0 fully saturated rings. The summed E-state index contributed by atoms with van der Waals surface area (Å²) >= 11 is 0. The summed E-state index contributed by atoms with van der Waals surface area (Å²) in [5.74, 6) is 1.51. The first kappa shape index (κ1) is 17.5. The summed E-state index contributed by atoms with van der Waals surface area (Å²) in [6.07, 6.45) is 29.8. The Morgan fingerprint density at radius 1 is 0.567 bits per heavy atom. The molecule has 0 heterocycles. The van der Waals surface area contributed by atoms with Crippen molar-refractivity contribution >= 4 is 0 Å². The van der Waals surface area contributed by atoms with E-state index in [1.165, 1.54) is 33.4 Å². The van der Waals surface area contributed by atoms with Crippen molar-refractivity contribution < 1.29 is 0 Å². The van der Waals surface area contributed by atoms with Gasteiger partial charge in [-0.1, -0.05) is 96.7 Å². The van der Waals surface area contributed by atoms with Gasteiger partial charge in [-0.15, -0.1) is 12.1 Å². The van der Waals surface area contributed by atoms with Crippen LogP contribution in [0.15, 0.2) is 138 Å². The second-order valence-electron chi connectivity index (χ2n) is 8.45. The minimum atomic E-state index is 0.338. The van der Waals surface area contributed by atoms with Crippen LogP contribution in [-0.4, -0.2) is 0 Å². The van der Waals surface area contributed by atoms with E-state index < -0.39 is 0 Å². The summed E-state index contributed by atoms with van der Waals surface area (Å²) in [5.41, 5.74) is 8.58. The molecule has 0 bridgehead atoms. The lowest BCUT2D eigenvalue weighted by Gasteiger charge is -2.32. The van der Waals surface area contributed by atoms with Gasteiger partial charge in [-0.2, -0.15) is 5.56 Å². The van der Waals surface area contributed by atoms with E-state index in [9.17, 15) is 0 Å². The fourth-order valence-corrected chi connectivity index (χ4v) is 5.46. The van der Waals surface area contributed by atoms with Gasteiger partial charge in [0.2, 0.25) is 0 Å². The van der Waals surface area contributed by atoms with Crippen molar-refractivity contribution in [3.8, 4) is 11.1 Å². The average Bonchev–Trinajstić information content (AvgIpc) is 3.60. The Morgan fingerprint density at radius 3 is 2.03 bits per heavy atom. The van der Waals surface area contributed by atoms with Crippen molar-refractivity contribution in [3.05, 3.63) is 144 Å². The lowest BCUT2D eigenvalue weighted by molar-refractivity contribution is 0.708. The van der Waals surface area contributed by atoms with Gasteiger partial charge in [0.25, 0.3) is 0 Å². The molecule has 0 aliphatic heterocycles. The predicted molar refractivity (Wildman–Crippen MR) is 126 cm³/mol. The maximum Gasteiger partial charge on any atom is 0.0214 e. The molecule has 2 aromatic rings. The maximum atomic E-state index is 2.39. The van der Waals surface area contributed by atoms with Gasteiger partial charge in [-0.05, 0) is 17.1 Å². The van der Waals surface area contributed by atoms with Crippen LogP contribution < -0.4 is 0 Å². The van der Waals surface area contributed by atoms with E-state index in [-0.39, 0.29) is 0 Å². The standard InChI is InChI=1S/C30H24/c1-2-10-21(9-1)23-13-5-15-25(23)27-17-7-19-29(27)30-20-8-18-28(30)26-16-6-14-24(26)22-11-3-4-12-22/h1-21,25,28-29H/q-2. The molecule has 0 heteroatoms. The molecule has 3 unspecified atom stereocenters. The van der Waals surface area contributed by atoms with Gasteiger partial charge in [-0.3, -0.25) is 11.6 Å². The van der Waals surface area contributed by atoms with Crippen LogP contribution in [0.3, 0.4) is 0 Å². The third-order valence-corrected chi connectivity index (χ3v) is 6.86. The summed E-state index contributed by atoms with van der Waals surface area (Å²) in [6.45, 7) is 0. The van der Waals surface area contributed by atoms with Crippen LogP contribution in [0.2, 0.25) is 0 Å². The third kappa shape index (κ3) is 2.75. The van der Waals surface area contributed by atoms with Crippen LogP contribution in [0.5, 0.6) is 0 Å². The molecule has 0 N–H and O–H groups in total. The quantitative estimate of drug-likeness (QED) is 0.473. The third-order valence-electron chi connectivity index (χ3n) is 6.86. The van der Waals surface area contributed by atoms with E-state index in [2.05, 4.69) is 121 Å². The van der Waals surface area contributed by atoms with Crippen molar-refractivity contribution in [2.45, 2.75) is 5.92 Å². The molecule has 0 radical (unpaired) electrons. The van der Waals surface area contributed by atoms with E-state index in [0.717, 1.165) is 0 Å². The highest BCUT2D eigenvalue weighted by atomic mass is 14.4. The first-order chi connectivity index (χ1) is 14.9. The van der Waals surface area contributed by atoms with Crippen molar-refractivity contribution in [2.75, 3.05) is 0 Å². The molecule has 3 atom stereocenters. The zero-order chi connectivity index (χ0) is 19.9. The lowest BCUT2D eigenvalue weighted by atomic mass is 9.75. The highest BCUT2D eigenvalue weighted by molar-refractivity contribution is 5.72. The smallest absolute Gasteiger partial charge is 0.0214 e. The van der Waals surface area contributed by atoms with Gasteiger partial charge in [0.05, 0.1) is 0 Å². The molecule has 146 valence electrons. The Morgan fingerprint density at radius 2 is 1.23 bits per heavy atom. The summed E-state index contributed by atoms with van der Waals surface area (Å²) in [6, 6.07) is 15.4. The molecular formula is C30H24-2. The van der Waals surface area contributed by atoms with E-state index in [0.29, 0.717) is 23.7 Å². The molecular weight excluding hydrogens is 360 g/mol. The van der Waals surface area contributed by atoms with Crippen LogP contribution in [0, 0.1) is 17.8 Å². The number of hydrogen-bond acceptors (Lipinski definition) is 0. The topological polar surface area (TPSA) is 0 Å². The van der Waals surface area contributed by atoms with Crippen LogP contribution in [0.25, 0.3) is 11.1 Å². The maximum absolute atomic E-state index is 2.39. The van der Waals surface area contributed by atoms with E-state index in [4.69, 9.17) is 0 Å². The Bertz CT molecular complexity index is 1180. The van der Waals surface area contributed by atoms with Gasteiger partial charge in [0, 0.05) is 17.8 Å². The van der Waals surface area contributed by atoms with Gasteiger partial charge >= 0.3 is 0 Å². The van der Waals surface area contributed by atoms with Crippen LogP contribution in [-0.2, 0) is 0 Å². The molecule has 0 nitrogen and oxygen atoms in total. The highest BCUT2D eigenvalue weighted by Gasteiger charge is 2.32. The summed E-state index contributed by atoms with van der Waals surface area (Å²) < 4.78 is 0. The van der Waals surface area contributed by atoms with Gasteiger partial charge < -0.3 is 6.07 Å². The first-order valence-electron chi connectivity index (χ1n) is 10.9. The van der Waals surface area contributed by atoms with Crippen molar-refractivity contribution in [2.24, 2.45) is 17.8 Å². The summed E-state index contributed by atoms with van der Waals surface area (Å²) in [4.78, 5) is 0. The Kier molecular flexibility index (Phi) is 4.16. The van der Waals surface area contributed by atoms with Crippen LogP contribution in [0.4, 0.5) is 0 Å². The summed E-state index contributed by atoms with van der Waals surface area (Å²) in [7, 11) is 0. The Hall–Kier alpha value is -3.38. The average molecular weight is 385 g/mol. The van der Waals surface area contributed by atoms with E-state index in [1.807, 2.05) is 0 Å². The molecule has 0 amide bonds. The lowest BCUT2D eigenvalue weighted by Crippen LogP contribution is -2.16. The molecule has 0 aromatic heterocycles. The number of hydrogen-bond donors (Lipinski definition) is 0. The molecule has 4 aliphatic rings. The zero-order valence-corrected chi connectivity index (χ0v) is 16.9. The van der Waals surface area contributed by atoms with Gasteiger partial charge in [0.1, 0.15) is 0 Å².